The number of carbonyl (C=O) groups is 2. The normalized spacial score (nSPS) is 12.9. The molecule has 2 amide bonds. The summed E-state index contributed by atoms with van der Waals surface area (Å²) in [6.07, 6.45) is 2.71. The third kappa shape index (κ3) is 5.61. The van der Waals surface area contributed by atoms with E-state index in [2.05, 4.69) is 5.32 Å². The lowest BCUT2D eigenvalue weighted by atomic mass is 10.1. The third-order valence-corrected chi connectivity index (χ3v) is 5.75. The Morgan fingerprint density at radius 2 is 1.72 bits per heavy atom. The SMILES string of the molecule is Cc1ccccc1C(=O)N(Cc1cccc(F)c1)c1ccc(CC(=O)NCC2CC2)cc1. The summed E-state index contributed by atoms with van der Waals surface area (Å²) < 4.78 is 13.8. The summed E-state index contributed by atoms with van der Waals surface area (Å²) in [6, 6.07) is 21.1. The number of hydrogen-bond acceptors (Lipinski definition) is 2. The van der Waals surface area contributed by atoms with Gasteiger partial charge < -0.3 is 10.2 Å². The van der Waals surface area contributed by atoms with Crippen molar-refractivity contribution in [2.24, 2.45) is 5.92 Å². The molecular formula is C27H27FN2O2. The first-order valence-corrected chi connectivity index (χ1v) is 11.0. The van der Waals surface area contributed by atoms with Gasteiger partial charge in [-0.3, -0.25) is 9.59 Å². The van der Waals surface area contributed by atoms with E-state index in [1.54, 1.807) is 23.1 Å². The van der Waals surface area contributed by atoms with E-state index in [1.165, 1.54) is 25.0 Å². The highest BCUT2D eigenvalue weighted by Crippen LogP contribution is 2.27. The van der Waals surface area contributed by atoms with Crippen LogP contribution in [0.15, 0.2) is 72.8 Å². The molecule has 4 rings (SSSR count). The Bertz CT molecular complexity index is 1110. The zero-order chi connectivity index (χ0) is 22.5. The maximum atomic E-state index is 13.8. The molecule has 0 unspecified atom stereocenters. The van der Waals surface area contributed by atoms with E-state index in [-0.39, 0.29) is 24.2 Å². The summed E-state index contributed by atoms with van der Waals surface area (Å²) in [6.45, 7) is 2.90. The van der Waals surface area contributed by atoms with Crippen molar-refractivity contribution in [2.45, 2.75) is 32.7 Å². The van der Waals surface area contributed by atoms with Crippen LogP contribution >= 0.6 is 0 Å². The van der Waals surface area contributed by atoms with Crippen LogP contribution in [-0.4, -0.2) is 18.4 Å². The highest BCUT2D eigenvalue weighted by molar-refractivity contribution is 6.07. The first-order chi connectivity index (χ1) is 15.5. The molecule has 1 aliphatic carbocycles. The van der Waals surface area contributed by atoms with E-state index >= 15 is 0 Å². The second kappa shape index (κ2) is 9.77. The number of hydrogen-bond donors (Lipinski definition) is 1. The van der Waals surface area contributed by atoms with E-state index in [4.69, 9.17) is 0 Å². The number of nitrogens with zero attached hydrogens (tertiary/aromatic N) is 1. The fourth-order valence-corrected chi connectivity index (χ4v) is 3.68. The third-order valence-electron chi connectivity index (χ3n) is 5.75. The first kappa shape index (κ1) is 21.8. The van der Waals surface area contributed by atoms with Crippen LogP contribution in [0.3, 0.4) is 0 Å². The van der Waals surface area contributed by atoms with Crippen LogP contribution in [-0.2, 0) is 17.8 Å². The van der Waals surface area contributed by atoms with Crippen LogP contribution in [0.25, 0.3) is 0 Å². The van der Waals surface area contributed by atoms with Gasteiger partial charge in [0.05, 0.1) is 13.0 Å². The molecule has 0 aromatic heterocycles. The second-order valence-corrected chi connectivity index (χ2v) is 8.43. The number of halogens is 1. The summed E-state index contributed by atoms with van der Waals surface area (Å²) in [5.74, 6) is 0.169. The monoisotopic (exact) mass is 430 g/mol. The lowest BCUT2D eigenvalue weighted by Crippen LogP contribution is -2.31. The van der Waals surface area contributed by atoms with Gasteiger partial charge in [-0.1, -0.05) is 42.5 Å². The van der Waals surface area contributed by atoms with Crippen LogP contribution in [0.2, 0.25) is 0 Å². The minimum atomic E-state index is -0.335. The van der Waals surface area contributed by atoms with Crippen LogP contribution in [0.5, 0.6) is 0 Å². The minimum absolute atomic E-state index is 0.0113. The molecule has 1 fully saturated rings. The van der Waals surface area contributed by atoms with Gasteiger partial charge in [-0.25, -0.2) is 4.39 Å². The van der Waals surface area contributed by atoms with Gasteiger partial charge in [0, 0.05) is 17.8 Å². The van der Waals surface area contributed by atoms with Gasteiger partial charge in [-0.15, -0.1) is 0 Å². The molecule has 0 heterocycles. The Kier molecular flexibility index (Phi) is 6.64. The zero-order valence-electron chi connectivity index (χ0n) is 18.2. The smallest absolute Gasteiger partial charge is 0.258 e. The van der Waals surface area contributed by atoms with E-state index in [1.807, 2.05) is 49.4 Å². The summed E-state index contributed by atoms with van der Waals surface area (Å²) in [7, 11) is 0. The van der Waals surface area contributed by atoms with Gasteiger partial charge in [0.15, 0.2) is 0 Å². The fourth-order valence-electron chi connectivity index (χ4n) is 3.68. The maximum Gasteiger partial charge on any atom is 0.258 e. The van der Waals surface area contributed by atoms with Crippen molar-refractivity contribution in [1.82, 2.24) is 5.32 Å². The molecule has 0 aliphatic heterocycles. The van der Waals surface area contributed by atoms with Gasteiger partial charge in [-0.05, 0) is 72.7 Å². The van der Waals surface area contributed by atoms with Crippen LogP contribution in [0.4, 0.5) is 10.1 Å². The fraction of sp³-hybridized carbons (Fsp3) is 0.259. The van der Waals surface area contributed by atoms with Gasteiger partial charge in [-0.2, -0.15) is 0 Å². The highest BCUT2D eigenvalue weighted by Gasteiger charge is 2.22. The minimum Gasteiger partial charge on any atom is -0.356 e. The molecule has 32 heavy (non-hydrogen) atoms. The van der Waals surface area contributed by atoms with Crippen molar-refractivity contribution in [3.63, 3.8) is 0 Å². The van der Waals surface area contributed by atoms with Crippen LogP contribution in [0, 0.1) is 18.7 Å². The van der Waals surface area contributed by atoms with Crippen LogP contribution in [0.1, 0.15) is 39.9 Å². The summed E-state index contributed by atoms with van der Waals surface area (Å²) in [5.41, 5.74) is 3.77. The number of amides is 2. The average Bonchev–Trinajstić information content (AvgIpc) is 3.61. The molecule has 3 aromatic carbocycles. The number of nitrogens with one attached hydrogen (secondary N) is 1. The summed E-state index contributed by atoms with van der Waals surface area (Å²) >= 11 is 0. The molecule has 0 saturated heterocycles. The predicted molar refractivity (Wildman–Crippen MR) is 124 cm³/mol. The molecule has 1 N–H and O–H groups in total. The van der Waals surface area contributed by atoms with Crippen molar-refractivity contribution in [1.29, 1.82) is 0 Å². The van der Waals surface area contributed by atoms with Crippen molar-refractivity contribution < 1.29 is 14.0 Å². The Balaban J connectivity index is 1.55. The molecule has 3 aromatic rings. The molecule has 0 spiro atoms. The van der Waals surface area contributed by atoms with Crippen molar-refractivity contribution in [2.75, 3.05) is 11.4 Å². The molecule has 1 saturated carbocycles. The molecule has 1 aliphatic rings. The molecule has 164 valence electrons. The average molecular weight is 431 g/mol. The van der Waals surface area contributed by atoms with Gasteiger partial charge in [0.1, 0.15) is 5.82 Å². The summed E-state index contributed by atoms with van der Waals surface area (Å²) in [4.78, 5) is 27.2. The molecule has 0 bridgehead atoms. The van der Waals surface area contributed by atoms with Gasteiger partial charge >= 0.3 is 0 Å². The molecule has 0 radical (unpaired) electrons. The Labute approximate surface area is 188 Å². The zero-order valence-corrected chi connectivity index (χ0v) is 18.2. The van der Waals surface area contributed by atoms with Crippen LogP contribution < -0.4 is 10.2 Å². The van der Waals surface area contributed by atoms with Gasteiger partial charge in [0.2, 0.25) is 5.91 Å². The van der Waals surface area contributed by atoms with Crippen molar-refractivity contribution in [3.05, 3.63) is 101 Å². The van der Waals surface area contributed by atoms with E-state index in [0.29, 0.717) is 29.2 Å². The topological polar surface area (TPSA) is 49.4 Å². The number of anilines is 1. The van der Waals surface area contributed by atoms with Crippen molar-refractivity contribution in [3.8, 4) is 0 Å². The summed E-state index contributed by atoms with van der Waals surface area (Å²) in [5, 5.41) is 2.98. The number of aryl methyl sites for hydroxylation is 1. The predicted octanol–water partition coefficient (Wildman–Crippen LogP) is 5.05. The van der Waals surface area contributed by atoms with Gasteiger partial charge in [0.25, 0.3) is 5.91 Å². The Morgan fingerprint density at radius 3 is 2.41 bits per heavy atom. The maximum absolute atomic E-state index is 13.8. The lowest BCUT2D eigenvalue weighted by Gasteiger charge is -2.24. The molecule has 4 nitrogen and oxygen atoms in total. The Hall–Kier alpha value is -3.47. The quantitative estimate of drug-likeness (QED) is 0.544. The largest absolute Gasteiger partial charge is 0.356 e. The number of carbonyl (C=O) groups excluding carboxylic acids is 2. The number of rotatable bonds is 8. The van der Waals surface area contributed by atoms with E-state index in [9.17, 15) is 14.0 Å². The second-order valence-electron chi connectivity index (χ2n) is 8.43. The number of benzene rings is 3. The molecular weight excluding hydrogens is 403 g/mol. The first-order valence-electron chi connectivity index (χ1n) is 11.0. The standard InChI is InChI=1S/C27H27FN2O2/c1-19-5-2-3-8-25(19)27(32)30(18-22-6-4-7-23(28)15-22)24-13-11-20(12-14-24)16-26(31)29-17-21-9-10-21/h2-8,11-15,21H,9-10,16-18H2,1H3,(H,29,31). The van der Waals surface area contributed by atoms with E-state index in [0.717, 1.165) is 17.7 Å². The highest BCUT2D eigenvalue weighted by atomic mass is 19.1. The van der Waals surface area contributed by atoms with Crippen molar-refractivity contribution >= 4 is 17.5 Å². The molecule has 0 atom stereocenters. The Morgan fingerprint density at radius 1 is 0.969 bits per heavy atom. The lowest BCUT2D eigenvalue weighted by molar-refractivity contribution is -0.120. The van der Waals surface area contributed by atoms with E-state index < -0.39 is 0 Å². The molecule has 5 heteroatoms.